The van der Waals surface area contributed by atoms with Gasteiger partial charge in [0.25, 0.3) is 0 Å². The van der Waals surface area contributed by atoms with Crippen molar-refractivity contribution in [1.82, 2.24) is 0 Å². The molecule has 0 amide bonds. The molecule has 15 heavy (non-hydrogen) atoms. The van der Waals surface area contributed by atoms with Crippen LogP contribution in [0.4, 0.5) is 0 Å². The third-order valence-electron chi connectivity index (χ3n) is 7.58. The molecule has 84 valence electrons. The Kier molecular flexibility index (Phi) is 1.24. The minimum Gasteiger partial charge on any atom is -0.0596 e. The monoisotopic (exact) mass is 204 g/mol. The number of hydrogen-bond donors (Lipinski definition) is 0. The molecule has 5 saturated carbocycles. The molecule has 0 nitrogen and oxygen atoms in total. The van der Waals surface area contributed by atoms with Crippen LogP contribution >= 0.6 is 0 Å². The average molecular weight is 204 g/mol. The summed E-state index contributed by atoms with van der Waals surface area (Å²) in [6.07, 6.45) is 6.10. The molecule has 0 N–H and O–H groups in total. The van der Waals surface area contributed by atoms with Crippen LogP contribution in [-0.2, 0) is 0 Å². The summed E-state index contributed by atoms with van der Waals surface area (Å²) in [6, 6.07) is 0. The van der Waals surface area contributed by atoms with E-state index in [0.29, 0.717) is 5.41 Å². The molecule has 5 rings (SSSR count). The Hall–Kier alpha value is 0. The van der Waals surface area contributed by atoms with Gasteiger partial charge in [0.15, 0.2) is 0 Å². The van der Waals surface area contributed by atoms with Crippen LogP contribution in [0.1, 0.15) is 53.4 Å². The van der Waals surface area contributed by atoms with Crippen molar-refractivity contribution in [2.24, 2.45) is 39.9 Å². The van der Waals surface area contributed by atoms with E-state index in [1.807, 2.05) is 0 Å². The Labute approximate surface area is 93.8 Å². The first-order valence-corrected chi connectivity index (χ1v) is 6.93. The van der Waals surface area contributed by atoms with Crippen molar-refractivity contribution in [2.45, 2.75) is 53.4 Å². The lowest BCUT2D eigenvalue weighted by atomic mass is 9.69. The van der Waals surface area contributed by atoms with E-state index in [9.17, 15) is 0 Å². The SMILES string of the molecule is CC1(C)CCC[C@@]2(C)C3CC4C(C31)[C@]42C. The zero-order valence-electron chi connectivity index (χ0n) is 10.6. The Morgan fingerprint density at radius 3 is 2.27 bits per heavy atom. The fraction of sp³-hybridized carbons (Fsp3) is 1.00. The molecule has 5 aliphatic carbocycles. The molecule has 0 saturated heterocycles. The van der Waals surface area contributed by atoms with Gasteiger partial charge in [-0.3, -0.25) is 0 Å². The Balaban J connectivity index is 1.89. The van der Waals surface area contributed by atoms with Crippen molar-refractivity contribution in [3.05, 3.63) is 0 Å². The van der Waals surface area contributed by atoms with E-state index in [2.05, 4.69) is 27.7 Å². The summed E-state index contributed by atoms with van der Waals surface area (Å²) >= 11 is 0. The van der Waals surface area contributed by atoms with Crippen LogP contribution in [0.15, 0.2) is 0 Å². The van der Waals surface area contributed by atoms with Crippen LogP contribution in [0.25, 0.3) is 0 Å². The van der Waals surface area contributed by atoms with Gasteiger partial charge in [0.05, 0.1) is 0 Å². The largest absolute Gasteiger partial charge is 0.0596 e. The van der Waals surface area contributed by atoms with E-state index in [0.717, 1.165) is 34.5 Å². The van der Waals surface area contributed by atoms with E-state index < -0.39 is 0 Å². The maximum Gasteiger partial charge on any atom is -0.0204 e. The summed E-state index contributed by atoms with van der Waals surface area (Å²) in [6.45, 7) is 10.4. The lowest BCUT2D eigenvalue weighted by molar-refractivity contribution is 0.127. The summed E-state index contributed by atoms with van der Waals surface area (Å²) in [4.78, 5) is 0. The lowest BCUT2D eigenvalue weighted by Gasteiger charge is -2.35. The molecule has 0 radical (unpaired) electrons. The van der Waals surface area contributed by atoms with Gasteiger partial charge >= 0.3 is 0 Å². The maximum atomic E-state index is 2.64. The van der Waals surface area contributed by atoms with Crippen molar-refractivity contribution in [1.29, 1.82) is 0 Å². The number of hydrogen-bond acceptors (Lipinski definition) is 0. The molecule has 4 unspecified atom stereocenters. The third kappa shape index (κ3) is 0.666. The van der Waals surface area contributed by atoms with E-state index >= 15 is 0 Å². The first-order valence-electron chi connectivity index (χ1n) is 6.93. The van der Waals surface area contributed by atoms with E-state index in [-0.39, 0.29) is 0 Å². The van der Waals surface area contributed by atoms with Crippen LogP contribution in [-0.4, -0.2) is 0 Å². The van der Waals surface area contributed by atoms with Gasteiger partial charge in [0.2, 0.25) is 0 Å². The highest BCUT2D eigenvalue weighted by Gasteiger charge is 2.86. The second kappa shape index (κ2) is 2.05. The predicted molar refractivity (Wildman–Crippen MR) is 62.4 cm³/mol. The van der Waals surface area contributed by atoms with Crippen LogP contribution in [0.5, 0.6) is 0 Å². The number of rotatable bonds is 0. The zero-order valence-corrected chi connectivity index (χ0v) is 10.6. The van der Waals surface area contributed by atoms with Crippen LogP contribution in [0.3, 0.4) is 0 Å². The first kappa shape index (κ1) is 9.07. The van der Waals surface area contributed by atoms with E-state index in [1.165, 1.54) is 19.3 Å². The molecule has 5 aliphatic rings. The summed E-state index contributed by atoms with van der Waals surface area (Å²) in [5, 5.41) is 0. The molecular formula is C15H24. The molecule has 6 bridgehead atoms. The van der Waals surface area contributed by atoms with E-state index in [4.69, 9.17) is 0 Å². The molecule has 0 aromatic carbocycles. The lowest BCUT2D eigenvalue weighted by Crippen LogP contribution is -2.29. The van der Waals surface area contributed by atoms with Gasteiger partial charge in [-0.15, -0.1) is 0 Å². The molecule has 0 aliphatic heterocycles. The smallest absolute Gasteiger partial charge is 0.0204 e. The van der Waals surface area contributed by atoms with Gasteiger partial charge in [-0.25, -0.2) is 0 Å². The minimum atomic E-state index is 0.649. The molecule has 6 atom stereocenters. The van der Waals surface area contributed by atoms with Crippen molar-refractivity contribution in [2.75, 3.05) is 0 Å². The minimum absolute atomic E-state index is 0.649. The Morgan fingerprint density at radius 1 is 0.867 bits per heavy atom. The summed E-state index contributed by atoms with van der Waals surface area (Å²) < 4.78 is 0. The highest BCUT2D eigenvalue weighted by molar-refractivity contribution is 5.33. The van der Waals surface area contributed by atoms with Crippen LogP contribution in [0, 0.1) is 39.9 Å². The standard InChI is InChI=1S/C15H24/c1-13(2)6-5-7-14(3)9-8-10-12(11(9)13)15(10,14)4/h9-12H,5-8H2,1-4H3/t9?,10?,11?,12?,14-,15-/m0/s1. The zero-order chi connectivity index (χ0) is 10.6. The Bertz CT molecular complexity index is 342. The molecule has 0 spiro atoms. The van der Waals surface area contributed by atoms with Crippen molar-refractivity contribution in [3.8, 4) is 0 Å². The molecule has 5 fully saturated rings. The van der Waals surface area contributed by atoms with Crippen molar-refractivity contribution < 1.29 is 0 Å². The quantitative estimate of drug-likeness (QED) is 0.557. The molecule has 0 aromatic rings. The summed E-state index contributed by atoms with van der Waals surface area (Å²) in [5.41, 5.74) is 2.16. The molecule has 0 heteroatoms. The predicted octanol–water partition coefficient (Wildman–Crippen LogP) is 4.10. The van der Waals surface area contributed by atoms with Gasteiger partial charge in [-0.1, -0.05) is 34.1 Å². The highest BCUT2D eigenvalue weighted by atomic mass is 14.9. The van der Waals surface area contributed by atoms with Crippen molar-refractivity contribution >= 4 is 0 Å². The summed E-state index contributed by atoms with van der Waals surface area (Å²) in [7, 11) is 0. The summed E-state index contributed by atoms with van der Waals surface area (Å²) in [5.74, 6) is 4.44. The average Bonchev–Trinajstić information content (AvgIpc) is 2.49. The normalized spacial score (nSPS) is 68.0. The van der Waals surface area contributed by atoms with Gasteiger partial charge in [0.1, 0.15) is 0 Å². The highest BCUT2D eigenvalue weighted by Crippen LogP contribution is 2.91. The molecule has 0 aromatic heterocycles. The first-order chi connectivity index (χ1) is 6.93. The topological polar surface area (TPSA) is 0 Å². The van der Waals surface area contributed by atoms with Crippen LogP contribution in [0.2, 0.25) is 0 Å². The van der Waals surface area contributed by atoms with Crippen molar-refractivity contribution in [3.63, 3.8) is 0 Å². The maximum absolute atomic E-state index is 2.64. The van der Waals surface area contributed by atoms with Gasteiger partial charge in [0, 0.05) is 0 Å². The van der Waals surface area contributed by atoms with Crippen LogP contribution < -0.4 is 0 Å². The third-order valence-corrected chi connectivity index (χ3v) is 7.58. The van der Waals surface area contributed by atoms with Gasteiger partial charge < -0.3 is 0 Å². The second-order valence-electron chi connectivity index (χ2n) is 8.04. The van der Waals surface area contributed by atoms with E-state index in [1.54, 1.807) is 6.42 Å². The molecule has 0 heterocycles. The fourth-order valence-electron chi connectivity index (χ4n) is 6.75. The van der Waals surface area contributed by atoms with Gasteiger partial charge in [-0.05, 0) is 59.2 Å². The molecular weight excluding hydrogens is 180 g/mol. The second-order valence-corrected chi connectivity index (χ2v) is 8.04. The van der Waals surface area contributed by atoms with Gasteiger partial charge in [-0.2, -0.15) is 0 Å². The Morgan fingerprint density at radius 2 is 1.60 bits per heavy atom. The fourth-order valence-corrected chi connectivity index (χ4v) is 6.75.